The van der Waals surface area contributed by atoms with Gasteiger partial charge in [0.25, 0.3) is 0 Å². The number of anilines is 1. The molecule has 0 amide bonds. The van der Waals surface area contributed by atoms with Gasteiger partial charge in [-0.25, -0.2) is 4.79 Å². The number of benzene rings is 1. The second-order valence-corrected chi connectivity index (χ2v) is 3.74. The number of rotatable bonds is 2. The molecular formula is C11H13NO3. The van der Waals surface area contributed by atoms with Crippen molar-refractivity contribution in [3.8, 4) is 0 Å². The summed E-state index contributed by atoms with van der Waals surface area (Å²) in [6, 6.07) is 6.73. The Morgan fingerprint density at radius 3 is 2.47 bits per heavy atom. The fourth-order valence-corrected chi connectivity index (χ4v) is 1.79. The topological polar surface area (TPSA) is 60.8 Å². The Hall–Kier alpha value is -1.55. The van der Waals surface area contributed by atoms with Gasteiger partial charge in [-0.2, -0.15) is 0 Å². The molecule has 1 aromatic rings. The average molecular weight is 207 g/mol. The third-order valence-corrected chi connectivity index (χ3v) is 2.64. The third kappa shape index (κ3) is 2.10. The number of β-amino-alcohol motifs (C(OH)–C–C–N with tert-alkyl or cyclic N) is 1. The Bertz CT molecular complexity index is 361. The number of carbonyl (C=O) groups is 1. The van der Waals surface area contributed by atoms with Crippen molar-refractivity contribution in [2.45, 2.75) is 12.5 Å². The first-order valence-electron chi connectivity index (χ1n) is 4.93. The van der Waals surface area contributed by atoms with Crippen LogP contribution in [0.1, 0.15) is 16.8 Å². The smallest absolute Gasteiger partial charge is 0.335 e. The molecule has 4 heteroatoms. The van der Waals surface area contributed by atoms with Crippen LogP contribution in [0.2, 0.25) is 0 Å². The molecule has 1 atom stereocenters. The summed E-state index contributed by atoms with van der Waals surface area (Å²) >= 11 is 0. The van der Waals surface area contributed by atoms with Gasteiger partial charge >= 0.3 is 5.97 Å². The molecule has 0 spiro atoms. The van der Waals surface area contributed by atoms with Crippen LogP contribution in [0, 0.1) is 0 Å². The Kier molecular flexibility index (Phi) is 2.60. The van der Waals surface area contributed by atoms with Gasteiger partial charge in [0, 0.05) is 18.8 Å². The van der Waals surface area contributed by atoms with Gasteiger partial charge in [0.1, 0.15) is 0 Å². The Balaban J connectivity index is 2.13. The van der Waals surface area contributed by atoms with Gasteiger partial charge in [-0.15, -0.1) is 0 Å². The van der Waals surface area contributed by atoms with E-state index in [0.717, 1.165) is 18.7 Å². The highest BCUT2D eigenvalue weighted by atomic mass is 16.4. The number of hydrogen-bond acceptors (Lipinski definition) is 3. The number of aliphatic hydroxyl groups excluding tert-OH is 1. The Morgan fingerprint density at radius 1 is 1.33 bits per heavy atom. The maximum atomic E-state index is 10.6. The molecule has 80 valence electrons. The molecule has 15 heavy (non-hydrogen) atoms. The van der Waals surface area contributed by atoms with Crippen LogP contribution >= 0.6 is 0 Å². The molecule has 0 saturated carbocycles. The van der Waals surface area contributed by atoms with Crippen LogP contribution in [0.15, 0.2) is 24.3 Å². The summed E-state index contributed by atoms with van der Waals surface area (Å²) in [4.78, 5) is 12.7. The number of aromatic carboxylic acids is 1. The molecule has 0 bridgehead atoms. The standard InChI is InChI=1S/C11H13NO3/c13-10-5-6-12(7-10)9-3-1-8(2-4-9)11(14)15/h1-4,10,13H,5-7H2,(H,14,15). The van der Waals surface area contributed by atoms with E-state index < -0.39 is 5.97 Å². The van der Waals surface area contributed by atoms with Gasteiger partial charge in [0.15, 0.2) is 0 Å². The lowest BCUT2D eigenvalue weighted by atomic mass is 10.2. The molecule has 1 aromatic carbocycles. The Labute approximate surface area is 87.8 Å². The molecule has 1 unspecified atom stereocenters. The van der Waals surface area contributed by atoms with E-state index in [9.17, 15) is 9.90 Å². The number of aliphatic hydroxyl groups is 1. The highest BCUT2D eigenvalue weighted by Gasteiger charge is 2.20. The maximum absolute atomic E-state index is 10.6. The lowest BCUT2D eigenvalue weighted by molar-refractivity contribution is 0.0697. The average Bonchev–Trinajstić information content (AvgIpc) is 2.65. The van der Waals surface area contributed by atoms with Crippen LogP contribution in [-0.4, -0.2) is 35.4 Å². The summed E-state index contributed by atoms with van der Waals surface area (Å²) < 4.78 is 0. The molecule has 0 aliphatic carbocycles. The molecule has 0 aromatic heterocycles. The monoisotopic (exact) mass is 207 g/mol. The van der Waals surface area contributed by atoms with E-state index in [4.69, 9.17) is 5.11 Å². The first kappa shape index (κ1) is 9.98. The van der Waals surface area contributed by atoms with Gasteiger partial charge in [-0.05, 0) is 30.7 Å². The van der Waals surface area contributed by atoms with Crippen molar-refractivity contribution in [1.29, 1.82) is 0 Å². The van der Waals surface area contributed by atoms with Crippen LogP contribution in [0.4, 0.5) is 5.69 Å². The zero-order valence-corrected chi connectivity index (χ0v) is 8.26. The van der Waals surface area contributed by atoms with Gasteiger partial charge in [0.05, 0.1) is 11.7 Å². The molecule has 4 nitrogen and oxygen atoms in total. The largest absolute Gasteiger partial charge is 0.478 e. The highest BCUT2D eigenvalue weighted by Crippen LogP contribution is 2.20. The zero-order valence-electron chi connectivity index (χ0n) is 8.26. The number of carboxylic acids is 1. The summed E-state index contributed by atoms with van der Waals surface area (Å²) in [5, 5.41) is 18.1. The summed E-state index contributed by atoms with van der Waals surface area (Å²) in [7, 11) is 0. The van der Waals surface area contributed by atoms with Crippen molar-refractivity contribution in [1.82, 2.24) is 0 Å². The molecule has 1 aliphatic rings. The maximum Gasteiger partial charge on any atom is 0.335 e. The van der Waals surface area contributed by atoms with E-state index in [2.05, 4.69) is 4.90 Å². The summed E-state index contributed by atoms with van der Waals surface area (Å²) in [5.41, 5.74) is 1.26. The van der Waals surface area contributed by atoms with E-state index in [0.29, 0.717) is 12.1 Å². The molecule has 2 N–H and O–H groups in total. The van der Waals surface area contributed by atoms with Crippen LogP contribution in [0.3, 0.4) is 0 Å². The summed E-state index contributed by atoms with van der Waals surface area (Å²) in [6.07, 6.45) is 0.518. The SMILES string of the molecule is O=C(O)c1ccc(N2CCC(O)C2)cc1. The third-order valence-electron chi connectivity index (χ3n) is 2.64. The number of nitrogens with zero attached hydrogens (tertiary/aromatic N) is 1. The lowest BCUT2D eigenvalue weighted by Gasteiger charge is -2.17. The fraction of sp³-hybridized carbons (Fsp3) is 0.364. The highest BCUT2D eigenvalue weighted by molar-refractivity contribution is 5.88. The van der Waals surface area contributed by atoms with E-state index in [-0.39, 0.29) is 6.10 Å². The number of hydrogen-bond donors (Lipinski definition) is 2. The summed E-state index contributed by atoms with van der Waals surface area (Å²) in [5.74, 6) is -0.914. The second kappa shape index (κ2) is 3.90. The van der Waals surface area contributed by atoms with Gasteiger partial charge in [-0.1, -0.05) is 0 Å². The predicted molar refractivity (Wildman–Crippen MR) is 56.2 cm³/mol. The van der Waals surface area contributed by atoms with E-state index in [1.165, 1.54) is 0 Å². The molecule has 1 aliphatic heterocycles. The van der Waals surface area contributed by atoms with Crippen molar-refractivity contribution in [2.24, 2.45) is 0 Å². The molecule has 0 radical (unpaired) electrons. The molecule has 2 rings (SSSR count). The fourth-order valence-electron chi connectivity index (χ4n) is 1.79. The molecule has 1 saturated heterocycles. The van der Waals surface area contributed by atoms with E-state index >= 15 is 0 Å². The van der Waals surface area contributed by atoms with Crippen molar-refractivity contribution in [3.63, 3.8) is 0 Å². The molecule has 1 heterocycles. The molecule has 1 fully saturated rings. The van der Waals surface area contributed by atoms with Crippen molar-refractivity contribution >= 4 is 11.7 Å². The quantitative estimate of drug-likeness (QED) is 0.758. The predicted octanol–water partition coefficient (Wildman–Crippen LogP) is 0.956. The minimum absolute atomic E-state index is 0.260. The van der Waals surface area contributed by atoms with E-state index in [1.807, 2.05) is 0 Å². The second-order valence-electron chi connectivity index (χ2n) is 3.74. The minimum atomic E-state index is -0.914. The summed E-state index contributed by atoms with van der Waals surface area (Å²) in [6.45, 7) is 1.46. The van der Waals surface area contributed by atoms with Crippen molar-refractivity contribution in [2.75, 3.05) is 18.0 Å². The lowest BCUT2D eigenvalue weighted by Crippen LogP contribution is -2.21. The molecular weight excluding hydrogens is 194 g/mol. The van der Waals surface area contributed by atoms with Crippen molar-refractivity contribution < 1.29 is 15.0 Å². The first-order valence-corrected chi connectivity index (χ1v) is 4.93. The van der Waals surface area contributed by atoms with Gasteiger partial charge < -0.3 is 15.1 Å². The Morgan fingerprint density at radius 2 is 2.00 bits per heavy atom. The van der Waals surface area contributed by atoms with Gasteiger partial charge in [0.2, 0.25) is 0 Å². The zero-order chi connectivity index (χ0) is 10.8. The van der Waals surface area contributed by atoms with Gasteiger partial charge in [-0.3, -0.25) is 0 Å². The number of carboxylic acid groups (broad SMARTS) is 1. The minimum Gasteiger partial charge on any atom is -0.478 e. The van der Waals surface area contributed by atoms with E-state index in [1.54, 1.807) is 24.3 Å². The van der Waals surface area contributed by atoms with Crippen LogP contribution in [0.5, 0.6) is 0 Å². The first-order chi connectivity index (χ1) is 7.16. The van der Waals surface area contributed by atoms with Crippen LogP contribution in [-0.2, 0) is 0 Å². The van der Waals surface area contributed by atoms with Crippen LogP contribution in [0.25, 0.3) is 0 Å². The van der Waals surface area contributed by atoms with Crippen LogP contribution < -0.4 is 4.90 Å². The van der Waals surface area contributed by atoms with Crippen molar-refractivity contribution in [3.05, 3.63) is 29.8 Å². The normalized spacial score (nSPS) is 20.6.